The molecule has 5 heteroatoms. The van der Waals surface area contributed by atoms with Gasteiger partial charge in [0.15, 0.2) is 0 Å². The van der Waals surface area contributed by atoms with Crippen LogP contribution in [-0.2, 0) is 27.4 Å². The van der Waals surface area contributed by atoms with Crippen molar-refractivity contribution in [3.05, 3.63) is 71.9 Å². The first-order valence-electron chi connectivity index (χ1n) is 8.85. The molecular weight excluding hydrogens is 342 g/mol. The Morgan fingerprint density at radius 1 is 0.963 bits per heavy atom. The van der Waals surface area contributed by atoms with Crippen molar-refractivity contribution >= 4 is 22.8 Å². The molecule has 0 N–H and O–H groups in total. The van der Waals surface area contributed by atoms with Crippen LogP contribution in [0.25, 0.3) is 10.9 Å². The molecule has 0 aliphatic heterocycles. The number of esters is 2. The van der Waals surface area contributed by atoms with E-state index in [0.717, 1.165) is 16.5 Å². The highest BCUT2D eigenvalue weighted by molar-refractivity contribution is 5.96. The molecular formula is C22H23NO4. The van der Waals surface area contributed by atoms with Gasteiger partial charge in [0, 0.05) is 10.9 Å². The lowest BCUT2D eigenvalue weighted by molar-refractivity contribution is -0.155. The molecule has 0 amide bonds. The van der Waals surface area contributed by atoms with Crippen LogP contribution in [0.2, 0.25) is 0 Å². The van der Waals surface area contributed by atoms with E-state index in [4.69, 9.17) is 9.47 Å². The molecule has 27 heavy (non-hydrogen) atoms. The molecule has 0 atom stereocenters. The minimum atomic E-state index is -0.589. The average molecular weight is 365 g/mol. The van der Waals surface area contributed by atoms with Crippen LogP contribution < -0.4 is 0 Å². The van der Waals surface area contributed by atoms with Crippen molar-refractivity contribution in [1.29, 1.82) is 0 Å². The molecule has 3 aromatic rings. The van der Waals surface area contributed by atoms with E-state index >= 15 is 0 Å². The first-order valence-corrected chi connectivity index (χ1v) is 8.85. The molecule has 2 aromatic carbocycles. The fourth-order valence-corrected chi connectivity index (χ4v) is 2.85. The molecule has 0 aliphatic carbocycles. The van der Waals surface area contributed by atoms with Gasteiger partial charge in [0.05, 0.1) is 0 Å². The summed E-state index contributed by atoms with van der Waals surface area (Å²) in [7, 11) is 0. The van der Waals surface area contributed by atoms with Gasteiger partial charge >= 0.3 is 11.9 Å². The summed E-state index contributed by atoms with van der Waals surface area (Å²) in [6.45, 7) is 5.56. The van der Waals surface area contributed by atoms with Crippen LogP contribution in [0, 0.1) is 0 Å². The highest BCUT2D eigenvalue weighted by Gasteiger charge is 2.22. The SMILES string of the molecule is CC(C)(C)OC(=O)Cn1c(C(=O)OCc2ccccc2)cc2ccccc21. The largest absolute Gasteiger partial charge is 0.459 e. The number of benzene rings is 2. The lowest BCUT2D eigenvalue weighted by atomic mass is 10.2. The summed E-state index contributed by atoms with van der Waals surface area (Å²) in [4.78, 5) is 25.0. The zero-order chi connectivity index (χ0) is 19.4. The maximum Gasteiger partial charge on any atom is 0.355 e. The van der Waals surface area contributed by atoms with Gasteiger partial charge < -0.3 is 14.0 Å². The molecule has 0 saturated carbocycles. The van der Waals surface area contributed by atoms with Gasteiger partial charge in [-0.15, -0.1) is 0 Å². The summed E-state index contributed by atoms with van der Waals surface area (Å²) >= 11 is 0. The molecule has 0 bridgehead atoms. The van der Waals surface area contributed by atoms with Gasteiger partial charge in [-0.1, -0.05) is 48.5 Å². The van der Waals surface area contributed by atoms with Gasteiger partial charge in [0.1, 0.15) is 24.4 Å². The zero-order valence-corrected chi connectivity index (χ0v) is 15.8. The molecule has 1 heterocycles. The third kappa shape index (κ3) is 4.76. The topological polar surface area (TPSA) is 57.5 Å². The van der Waals surface area contributed by atoms with E-state index < -0.39 is 17.5 Å². The number of carbonyl (C=O) groups excluding carboxylic acids is 2. The van der Waals surface area contributed by atoms with Gasteiger partial charge in [-0.25, -0.2) is 4.79 Å². The third-order valence-corrected chi connectivity index (χ3v) is 3.94. The number of ether oxygens (including phenoxy) is 2. The van der Waals surface area contributed by atoms with E-state index in [9.17, 15) is 9.59 Å². The van der Waals surface area contributed by atoms with Crippen LogP contribution >= 0.6 is 0 Å². The van der Waals surface area contributed by atoms with E-state index in [2.05, 4.69) is 0 Å². The number of fused-ring (bicyclic) bond motifs is 1. The molecule has 0 radical (unpaired) electrons. The Hall–Kier alpha value is -3.08. The molecule has 140 valence electrons. The first kappa shape index (κ1) is 18.7. The Bertz CT molecular complexity index is 951. The molecule has 0 fully saturated rings. The van der Waals surface area contributed by atoms with Crippen LogP contribution in [0.3, 0.4) is 0 Å². The van der Waals surface area contributed by atoms with Crippen molar-refractivity contribution in [2.24, 2.45) is 0 Å². The minimum absolute atomic E-state index is 0.0550. The second-order valence-electron chi connectivity index (χ2n) is 7.32. The maximum absolute atomic E-state index is 12.7. The molecule has 0 saturated heterocycles. The van der Waals surface area contributed by atoms with Gasteiger partial charge in [-0.3, -0.25) is 4.79 Å². The van der Waals surface area contributed by atoms with Crippen LogP contribution in [0.1, 0.15) is 36.8 Å². The number of nitrogens with zero attached hydrogens (tertiary/aromatic N) is 1. The summed E-state index contributed by atoms with van der Waals surface area (Å²) < 4.78 is 12.5. The Labute approximate surface area is 158 Å². The predicted octanol–water partition coefficient (Wildman–Crippen LogP) is 4.34. The predicted molar refractivity (Wildman–Crippen MR) is 103 cm³/mol. The van der Waals surface area contributed by atoms with Gasteiger partial charge in [-0.2, -0.15) is 0 Å². The Balaban J connectivity index is 1.85. The monoisotopic (exact) mass is 365 g/mol. The number of carbonyl (C=O) groups is 2. The zero-order valence-electron chi connectivity index (χ0n) is 15.8. The number of para-hydroxylation sites is 1. The van der Waals surface area contributed by atoms with Crippen molar-refractivity contribution in [2.45, 2.75) is 39.5 Å². The molecule has 0 spiro atoms. The quantitative estimate of drug-likeness (QED) is 0.631. The van der Waals surface area contributed by atoms with E-state index in [1.807, 2.05) is 75.4 Å². The summed E-state index contributed by atoms with van der Waals surface area (Å²) in [5.41, 5.74) is 1.43. The van der Waals surface area contributed by atoms with E-state index in [-0.39, 0.29) is 13.2 Å². The lowest BCUT2D eigenvalue weighted by Crippen LogP contribution is -2.27. The molecule has 0 aliphatic rings. The minimum Gasteiger partial charge on any atom is -0.459 e. The Kier molecular flexibility index (Phi) is 5.31. The fraction of sp³-hybridized carbons (Fsp3) is 0.273. The normalized spacial score (nSPS) is 11.4. The van der Waals surface area contributed by atoms with E-state index in [0.29, 0.717) is 5.69 Å². The van der Waals surface area contributed by atoms with Crippen LogP contribution in [0.4, 0.5) is 0 Å². The Morgan fingerprint density at radius 3 is 2.33 bits per heavy atom. The van der Waals surface area contributed by atoms with E-state index in [1.165, 1.54) is 0 Å². The fourth-order valence-electron chi connectivity index (χ4n) is 2.85. The van der Waals surface area contributed by atoms with Crippen molar-refractivity contribution in [3.8, 4) is 0 Å². The summed E-state index contributed by atoms with van der Waals surface area (Å²) in [5, 5.41) is 0.868. The molecule has 0 unspecified atom stereocenters. The van der Waals surface area contributed by atoms with Crippen LogP contribution in [-0.4, -0.2) is 22.1 Å². The van der Waals surface area contributed by atoms with E-state index in [1.54, 1.807) is 10.6 Å². The molecule has 1 aromatic heterocycles. The number of aromatic nitrogens is 1. The van der Waals surface area contributed by atoms with Gasteiger partial charge in [-0.05, 0) is 38.5 Å². The van der Waals surface area contributed by atoms with Gasteiger partial charge in [0.25, 0.3) is 0 Å². The summed E-state index contributed by atoms with van der Waals surface area (Å²) in [5.74, 6) is -0.875. The Morgan fingerprint density at radius 2 is 1.63 bits per heavy atom. The maximum atomic E-state index is 12.7. The molecule has 5 nitrogen and oxygen atoms in total. The highest BCUT2D eigenvalue weighted by atomic mass is 16.6. The third-order valence-electron chi connectivity index (χ3n) is 3.94. The smallest absolute Gasteiger partial charge is 0.355 e. The number of rotatable bonds is 5. The number of hydrogen-bond donors (Lipinski definition) is 0. The highest BCUT2D eigenvalue weighted by Crippen LogP contribution is 2.22. The van der Waals surface area contributed by atoms with Gasteiger partial charge in [0.2, 0.25) is 0 Å². The average Bonchev–Trinajstić information content (AvgIpc) is 2.98. The standard InChI is InChI=1S/C22H23NO4/c1-22(2,3)27-20(24)14-23-18-12-8-7-11-17(18)13-19(23)21(25)26-15-16-9-5-4-6-10-16/h4-13H,14-15H2,1-3H3. The van der Waals surface area contributed by atoms with Crippen molar-refractivity contribution < 1.29 is 19.1 Å². The lowest BCUT2D eigenvalue weighted by Gasteiger charge is -2.20. The molecule has 3 rings (SSSR count). The number of hydrogen-bond acceptors (Lipinski definition) is 4. The first-order chi connectivity index (χ1) is 12.8. The summed E-state index contributed by atoms with van der Waals surface area (Å²) in [6, 6.07) is 18.7. The van der Waals surface area contributed by atoms with Crippen LogP contribution in [0.15, 0.2) is 60.7 Å². The summed E-state index contributed by atoms with van der Waals surface area (Å²) in [6.07, 6.45) is 0. The second-order valence-corrected chi connectivity index (χ2v) is 7.32. The second kappa shape index (κ2) is 7.66. The van der Waals surface area contributed by atoms with Crippen molar-refractivity contribution in [3.63, 3.8) is 0 Å². The van der Waals surface area contributed by atoms with Crippen molar-refractivity contribution in [2.75, 3.05) is 0 Å². The van der Waals surface area contributed by atoms with Crippen LogP contribution in [0.5, 0.6) is 0 Å². The van der Waals surface area contributed by atoms with Crippen molar-refractivity contribution in [1.82, 2.24) is 4.57 Å².